The lowest BCUT2D eigenvalue weighted by Gasteiger charge is -2.13. The van der Waals surface area contributed by atoms with E-state index in [1.807, 2.05) is 7.05 Å². The van der Waals surface area contributed by atoms with Crippen LogP contribution in [0.4, 0.5) is 0 Å². The van der Waals surface area contributed by atoms with Gasteiger partial charge in [-0.25, -0.2) is 0 Å². The molecule has 1 aliphatic carbocycles. The Balaban J connectivity index is 1.74. The molecular formula is C27H34N2. The van der Waals surface area contributed by atoms with Crippen molar-refractivity contribution in [2.45, 2.75) is 50.9 Å². The number of aromatic nitrogens is 1. The van der Waals surface area contributed by atoms with Gasteiger partial charge in [-0.1, -0.05) is 67.4 Å². The number of para-hydroxylation sites is 1. The Hall–Kier alpha value is -2.32. The Bertz CT molecular complexity index is 932. The quantitative estimate of drug-likeness (QED) is 0.387. The van der Waals surface area contributed by atoms with Crippen LogP contribution in [-0.2, 0) is 6.42 Å². The highest BCUT2D eigenvalue weighted by Crippen LogP contribution is 2.40. The lowest BCUT2D eigenvalue weighted by molar-refractivity contribution is 0.531. The minimum atomic E-state index is 0.550. The molecule has 1 aromatic heterocycles. The van der Waals surface area contributed by atoms with Gasteiger partial charge in [0.2, 0.25) is 0 Å². The normalized spacial score (nSPS) is 15.8. The van der Waals surface area contributed by atoms with Gasteiger partial charge in [-0.15, -0.1) is 6.58 Å². The van der Waals surface area contributed by atoms with Crippen LogP contribution < -0.4 is 5.32 Å². The van der Waals surface area contributed by atoms with Crippen molar-refractivity contribution >= 4 is 10.9 Å². The zero-order valence-corrected chi connectivity index (χ0v) is 17.7. The Labute approximate surface area is 175 Å². The Kier molecular flexibility index (Phi) is 6.51. The summed E-state index contributed by atoms with van der Waals surface area (Å²) in [7, 11) is 2.03. The molecule has 2 heteroatoms. The molecule has 4 rings (SSSR count). The first-order valence-electron chi connectivity index (χ1n) is 11.3. The summed E-state index contributed by atoms with van der Waals surface area (Å²) in [5.41, 5.74) is 6.98. The van der Waals surface area contributed by atoms with Crippen LogP contribution in [0.25, 0.3) is 22.2 Å². The fourth-order valence-electron chi connectivity index (χ4n) is 5.02. The molecule has 1 unspecified atom stereocenters. The molecule has 0 spiro atoms. The van der Waals surface area contributed by atoms with E-state index >= 15 is 0 Å². The standard InChI is InChI=1S/C27H34N2/c1-3-20(18-19-28-2)16-17-25-24-15-9-14-23(21-10-7-8-11-21)27(24)29-26(25)22-12-5-4-6-13-22/h3-6,9,12-15,20-21,28-29H,1,7-8,10-11,16-19H2,2H3. The fraction of sp³-hybridized carbons (Fsp3) is 0.407. The van der Waals surface area contributed by atoms with Crippen molar-refractivity contribution in [3.05, 3.63) is 72.3 Å². The second-order valence-electron chi connectivity index (χ2n) is 8.52. The minimum absolute atomic E-state index is 0.550. The van der Waals surface area contributed by atoms with E-state index in [2.05, 4.69) is 71.5 Å². The first-order valence-corrected chi connectivity index (χ1v) is 11.3. The van der Waals surface area contributed by atoms with E-state index in [0.717, 1.165) is 25.8 Å². The van der Waals surface area contributed by atoms with Gasteiger partial charge in [0.25, 0.3) is 0 Å². The van der Waals surface area contributed by atoms with Crippen molar-refractivity contribution in [2.75, 3.05) is 13.6 Å². The van der Waals surface area contributed by atoms with Crippen LogP contribution in [0.3, 0.4) is 0 Å². The molecule has 29 heavy (non-hydrogen) atoms. The molecule has 2 nitrogen and oxygen atoms in total. The van der Waals surface area contributed by atoms with Gasteiger partial charge in [-0.3, -0.25) is 0 Å². The summed E-state index contributed by atoms with van der Waals surface area (Å²) < 4.78 is 0. The van der Waals surface area contributed by atoms with E-state index in [4.69, 9.17) is 0 Å². The maximum absolute atomic E-state index is 4.09. The molecule has 3 aromatic rings. The van der Waals surface area contributed by atoms with Gasteiger partial charge in [-0.05, 0) is 74.2 Å². The highest BCUT2D eigenvalue weighted by Gasteiger charge is 2.22. The van der Waals surface area contributed by atoms with Gasteiger partial charge in [0, 0.05) is 16.6 Å². The summed E-state index contributed by atoms with van der Waals surface area (Å²) in [6.45, 7) is 5.13. The number of nitrogens with one attached hydrogen (secondary N) is 2. The van der Waals surface area contributed by atoms with E-state index in [-0.39, 0.29) is 0 Å². The highest BCUT2D eigenvalue weighted by atomic mass is 14.8. The van der Waals surface area contributed by atoms with E-state index < -0.39 is 0 Å². The molecular weight excluding hydrogens is 352 g/mol. The predicted octanol–water partition coefficient (Wildman–Crippen LogP) is 6.84. The molecule has 1 atom stereocenters. The molecule has 0 amide bonds. The summed E-state index contributed by atoms with van der Waals surface area (Å²) >= 11 is 0. The van der Waals surface area contributed by atoms with Crippen molar-refractivity contribution < 1.29 is 0 Å². The maximum Gasteiger partial charge on any atom is 0.0497 e. The molecule has 1 aliphatic rings. The number of benzene rings is 2. The molecule has 1 saturated carbocycles. The second-order valence-corrected chi connectivity index (χ2v) is 8.52. The van der Waals surface area contributed by atoms with Crippen molar-refractivity contribution in [2.24, 2.45) is 5.92 Å². The lowest BCUT2D eigenvalue weighted by Crippen LogP contribution is -2.12. The third-order valence-electron chi connectivity index (χ3n) is 6.69. The summed E-state index contributed by atoms with van der Waals surface area (Å²) in [5, 5.41) is 4.70. The van der Waals surface area contributed by atoms with Crippen LogP contribution in [0.15, 0.2) is 61.2 Å². The van der Waals surface area contributed by atoms with Gasteiger partial charge in [0.1, 0.15) is 0 Å². The molecule has 0 bridgehead atoms. The second kappa shape index (κ2) is 9.45. The molecule has 1 heterocycles. The number of hydrogen-bond donors (Lipinski definition) is 2. The first kappa shape index (κ1) is 20.0. The number of allylic oxidation sites excluding steroid dienone is 1. The van der Waals surface area contributed by atoms with Crippen molar-refractivity contribution in [3.63, 3.8) is 0 Å². The van der Waals surface area contributed by atoms with Crippen LogP contribution in [0.5, 0.6) is 0 Å². The Morgan fingerprint density at radius 1 is 1.07 bits per heavy atom. The Morgan fingerprint density at radius 3 is 2.59 bits per heavy atom. The van der Waals surface area contributed by atoms with Crippen LogP contribution in [0.1, 0.15) is 55.6 Å². The molecule has 1 fully saturated rings. The molecule has 0 saturated heterocycles. The maximum atomic E-state index is 4.09. The van der Waals surface area contributed by atoms with Crippen molar-refractivity contribution in [1.29, 1.82) is 0 Å². The van der Waals surface area contributed by atoms with Gasteiger partial charge in [0.05, 0.1) is 0 Å². The SMILES string of the molecule is C=CC(CCNC)CCc1c(-c2ccccc2)[nH]c2c(C3CCCC3)cccc12. The van der Waals surface area contributed by atoms with Gasteiger partial charge in [-0.2, -0.15) is 0 Å². The fourth-order valence-corrected chi connectivity index (χ4v) is 5.02. The van der Waals surface area contributed by atoms with Crippen LogP contribution in [0, 0.1) is 5.92 Å². The van der Waals surface area contributed by atoms with E-state index in [9.17, 15) is 0 Å². The van der Waals surface area contributed by atoms with Crippen LogP contribution in [0.2, 0.25) is 0 Å². The van der Waals surface area contributed by atoms with Gasteiger partial charge in [0.15, 0.2) is 0 Å². The van der Waals surface area contributed by atoms with Crippen LogP contribution in [-0.4, -0.2) is 18.6 Å². The number of aryl methyl sites for hydroxylation is 1. The largest absolute Gasteiger partial charge is 0.354 e. The molecule has 0 radical (unpaired) electrons. The lowest BCUT2D eigenvalue weighted by atomic mass is 9.92. The third-order valence-corrected chi connectivity index (χ3v) is 6.69. The minimum Gasteiger partial charge on any atom is -0.354 e. The zero-order chi connectivity index (χ0) is 20.1. The molecule has 0 aliphatic heterocycles. The summed E-state index contributed by atoms with van der Waals surface area (Å²) in [5.74, 6) is 1.26. The average molecular weight is 387 g/mol. The summed E-state index contributed by atoms with van der Waals surface area (Å²) in [6.07, 6.45) is 10.9. The molecule has 152 valence electrons. The van der Waals surface area contributed by atoms with Crippen molar-refractivity contribution in [1.82, 2.24) is 10.3 Å². The summed E-state index contributed by atoms with van der Waals surface area (Å²) in [6, 6.07) is 17.8. The first-order chi connectivity index (χ1) is 14.3. The number of H-pyrrole nitrogens is 1. The van der Waals surface area contributed by atoms with Gasteiger partial charge < -0.3 is 10.3 Å². The number of fused-ring (bicyclic) bond motifs is 1. The topological polar surface area (TPSA) is 27.8 Å². The van der Waals surface area contributed by atoms with Crippen LogP contribution >= 0.6 is 0 Å². The number of aromatic amines is 1. The Morgan fingerprint density at radius 2 is 1.86 bits per heavy atom. The third kappa shape index (κ3) is 4.33. The summed E-state index contributed by atoms with van der Waals surface area (Å²) in [4.78, 5) is 3.87. The smallest absolute Gasteiger partial charge is 0.0497 e. The number of rotatable bonds is 9. The van der Waals surface area contributed by atoms with Gasteiger partial charge >= 0.3 is 0 Å². The monoisotopic (exact) mass is 386 g/mol. The average Bonchev–Trinajstić information content (AvgIpc) is 3.43. The number of hydrogen-bond acceptors (Lipinski definition) is 1. The molecule has 2 aromatic carbocycles. The van der Waals surface area contributed by atoms with E-state index in [1.54, 1.807) is 0 Å². The highest BCUT2D eigenvalue weighted by molar-refractivity contribution is 5.93. The van der Waals surface area contributed by atoms with E-state index in [1.165, 1.54) is 59.0 Å². The van der Waals surface area contributed by atoms with E-state index in [0.29, 0.717) is 11.8 Å². The van der Waals surface area contributed by atoms with Crippen molar-refractivity contribution in [3.8, 4) is 11.3 Å². The molecule has 2 N–H and O–H groups in total. The zero-order valence-electron chi connectivity index (χ0n) is 17.7. The predicted molar refractivity (Wildman–Crippen MR) is 125 cm³/mol.